The Morgan fingerprint density at radius 2 is 2.00 bits per heavy atom. The van der Waals surface area contributed by atoms with Crippen molar-refractivity contribution in [1.29, 1.82) is 0 Å². The number of benzene rings is 1. The van der Waals surface area contributed by atoms with Gasteiger partial charge in [0.25, 0.3) is 0 Å². The van der Waals surface area contributed by atoms with Crippen LogP contribution in [0.3, 0.4) is 0 Å². The molecule has 0 saturated heterocycles. The molecule has 0 fully saturated rings. The number of alkyl carbamates (subject to hydrolysis) is 1. The molecule has 134 valence electrons. The van der Waals surface area contributed by atoms with Gasteiger partial charge in [-0.05, 0) is 24.6 Å². The van der Waals surface area contributed by atoms with Gasteiger partial charge in [-0.2, -0.15) is 0 Å². The van der Waals surface area contributed by atoms with Gasteiger partial charge in [0.1, 0.15) is 12.6 Å². The maximum Gasteiger partial charge on any atom is 0.408 e. The van der Waals surface area contributed by atoms with E-state index in [2.05, 4.69) is 20.8 Å². The van der Waals surface area contributed by atoms with Crippen molar-refractivity contribution >= 4 is 28.5 Å². The number of amides is 2. The highest BCUT2D eigenvalue weighted by molar-refractivity contribution is 7.18. The van der Waals surface area contributed by atoms with Gasteiger partial charge in [-0.1, -0.05) is 41.7 Å². The molecule has 0 aliphatic rings. The summed E-state index contributed by atoms with van der Waals surface area (Å²) in [5, 5.41) is 13.8. The second kappa shape index (κ2) is 8.26. The quantitative estimate of drug-likeness (QED) is 0.689. The van der Waals surface area contributed by atoms with Gasteiger partial charge in [0, 0.05) is 0 Å². The molecule has 9 heteroatoms. The molecule has 2 amide bonds. The number of nitrogens with one attached hydrogen (secondary N) is 2. The molecule has 2 heterocycles. The van der Waals surface area contributed by atoms with E-state index in [0.717, 1.165) is 5.56 Å². The third-order valence-electron chi connectivity index (χ3n) is 3.33. The molecular formula is C17H16N4O4S. The maximum absolute atomic E-state index is 12.2. The first-order valence-electron chi connectivity index (χ1n) is 7.77. The average molecular weight is 372 g/mol. The summed E-state index contributed by atoms with van der Waals surface area (Å²) < 4.78 is 10.3. The zero-order valence-electron chi connectivity index (χ0n) is 13.8. The molecule has 8 nitrogen and oxygen atoms in total. The van der Waals surface area contributed by atoms with Gasteiger partial charge in [0.15, 0.2) is 10.8 Å². The van der Waals surface area contributed by atoms with E-state index in [0.29, 0.717) is 15.9 Å². The van der Waals surface area contributed by atoms with Crippen molar-refractivity contribution in [1.82, 2.24) is 15.5 Å². The van der Waals surface area contributed by atoms with Crippen molar-refractivity contribution in [3.63, 3.8) is 0 Å². The van der Waals surface area contributed by atoms with Crippen molar-refractivity contribution < 1.29 is 18.7 Å². The van der Waals surface area contributed by atoms with Crippen LogP contribution in [0, 0.1) is 0 Å². The Bertz CT molecular complexity index is 864. The van der Waals surface area contributed by atoms with Gasteiger partial charge >= 0.3 is 6.09 Å². The third kappa shape index (κ3) is 4.67. The highest BCUT2D eigenvalue weighted by atomic mass is 32.1. The number of hydrogen-bond acceptors (Lipinski definition) is 7. The lowest BCUT2D eigenvalue weighted by Crippen LogP contribution is -2.41. The van der Waals surface area contributed by atoms with Crippen LogP contribution in [-0.4, -0.2) is 28.2 Å². The lowest BCUT2D eigenvalue weighted by atomic mass is 10.2. The molecule has 0 saturated carbocycles. The second-order valence-corrected chi connectivity index (χ2v) is 6.28. The van der Waals surface area contributed by atoms with Gasteiger partial charge in [-0.15, -0.1) is 10.2 Å². The number of hydrogen-bond donors (Lipinski definition) is 2. The minimum Gasteiger partial charge on any atom is -0.462 e. The molecular weight excluding hydrogens is 356 g/mol. The summed E-state index contributed by atoms with van der Waals surface area (Å²) in [5.41, 5.74) is 0.860. The van der Waals surface area contributed by atoms with E-state index in [9.17, 15) is 9.59 Å². The molecule has 1 atom stereocenters. The first-order valence-corrected chi connectivity index (χ1v) is 8.59. The molecule has 0 bridgehead atoms. The van der Waals surface area contributed by atoms with Crippen molar-refractivity contribution in [2.75, 3.05) is 5.32 Å². The lowest BCUT2D eigenvalue weighted by Gasteiger charge is -2.13. The summed E-state index contributed by atoms with van der Waals surface area (Å²) in [6, 6.07) is 12.0. The summed E-state index contributed by atoms with van der Waals surface area (Å²) in [4.78, 5) is 23.9. The maximum atomic E-state index is 12.2. The highest BCUT2D eigenvalue weighted by Gasteiger charge is 2.19. The monoisotopic (exact) mass is 372 g/mol. The van der Waals surface area contributed by atoms with Crippen molar-refractivity contribution in [3.8, 4) is 10.8 Å². The van der Waals surface area contributed by atoms with Crippen LogP contribution >= 0.6 is 11.3 Å². The number of rotatable bonds is 6. The zero-order valence-corrected chi connectivity index (χ0v) is 14.7. The Morgan fingerprint density at radius 3 is 2.73 bits per heavy atom. The Kier molecular flexibility index (Phi) is 5.59. The van der Waals surface area contributed by atoms with E-state index in [1.165, 1.54) is 17.6 Å². The SMILES string of the molecule is C[C@@H](NC(=O)OCc1ccccc1)C(=O)Nc1nnc(-c2ccco2)s1. The Labute approximate surface area is 153 Å². The number of carbonyl (C=O) groups excluding carboxylic acids is 2. The number of aromatic nitrogens is 2. The molecule has 3 aromatic rings. The van der Waals surface area contributed by atoms with Crippen LogP contribution in [0.4, 0.5) is 9.93 Å². The van der Waals surface area contributed by atoms with Gasteiger partial charge in [0.05, 0.1) is 6.26 Å². The fourth-order valence-corrected chi connectivity index (χ4v) is 2.71. The van der Waals surface area contributed by atoms with Crippen LogP contribution < -0.4 is 10.6 Å². The van der Waals surface area contributed by atoms with E-state index < -0.39 is 18.0 Å². The second-order valence-electron chi connectivity index (χ2n) is 5.31. The van der Waals surface area contributed by atoms with Crippen LogP contribution in [0.15, 0.2) is 53.1 Å². The van der Waals surface area contributed by atoms with Crippen molar-refractivity contribution in [2.24, 2.45) is 0 Å². The van der Waals surface area contributed by atoms with Crippen LogP contribution in [0.25, 0.3) is 10.8 Å². The molecule has 26 heavy (non-hydrogen) atoms. The smallest absolute Gasteiger partial charge is 0.408 e. The number of furan rings is 1. The van der Waals surface area contributed by atoms with Crippen LogP contribution in [-0.2, 0) is 16.1 Å². The highest BCUT2D eigenvalue weighted by Crippen LogP contribution is 2.26. The predicted molar refractivity (Wildman–Crippen MR) is 95.5 cm³/mol. The summed E-state index contributed by atoms with van der Waals surface area (Å²) in [5.74, 6) is 0.141. The van der Waals surface area contributed by atoms with E-state index in [1.807, 2.05) is 30.3 Å². The standard InChI is InChI=1S/C17H16N4O4S/c1-11(18-17(23)25-10-12-6-3-2-4-7-12)14(22)19-16-21-20-15(26-16)13-8-5-9-24-13/h2-9,11H,10H2,1H3,(H,18,23)(H,19,21,22)/t11-/m1/s1. The molecule has 0 spiro atoms. The number of carbonyl (C=O) groups is 2. The fraction of sp³-hybridized carbons (Fsp3) is 0.176. The van der Waals surface area contributed by atoms with Crippen molar-refractivity contribution in [3.05, 3.63) is 54.3 Å². The topological polar surface area (TPSA) is 106 Å². The fourth-order valence-electron chi connectivity index (χ4n) is 1.99. The van der Waals surface area contributed by atoms with E-state index >= 15 is 0 Å². The van der Waals surface area contributed by atoms with Gasteiger partial charge in [0.2, 0.25) is 11.0 Å². The summed E-state index contributed by atoms with van der Waals surface area (Å²) >= 11 is 1.17. The molecule has 2 aromatic heterocycles. The summed E-state index contributed by atoms with van der Waals surface area (Å²) in [6.07, 6.45) is 0.854. The zero-order chi connectivity index (χ0) is 18.4. The number of nitrogens with zero attached hydrogens (tertiary/aromatic N) is 2. The predicted octanol–water partition coefficient (Wildman–Crippen LogP) is 3.05. The molecule has 0 aliphatic heterocycles. The van der Waals surface area contributed by atoms with Crippen LogP contribution in [0.2, 0.25) is 0 Å². The minimum atomic E-state index is -0.797. The molecule has 2 N–H and O–H groups in total. The largest absolute Gasteiger partial charge is 0.462 e. The lowest BCUT2D eigenvalue weighted by molar-refractivity contribution is -0.117. The summed E-state index contributed by atoms with van der Waals surface area (Å²) in [6.45, 7) is 1.68. The first kappa shape index (κ1) is 17.6. The van der Waals surface area contributed by atoms with E-state index in [1.54, 1.807) is 19.1 Å². The normalized spacial score (nSPS) is 11.6. The van der Waals surface area contributed by atoms with Gasteiger partial charge in [-0.25, -0.2) is 4.79 Å². The van der Waals surface area contributed by atoms with Crippen LogP contribution in [0.5, 0.6) is 0 Å². The molecule has 0 unspecified atom stereocenters. The minimum absolute atomic E-state index is 0.129. The van der Waals surface area contributed by atoms with Gasteiger partial charge in [-0.3, -0.25) is 10.1 Å². The van der Waals surface area contributed by atoms with Gasteiger partial charge < -0.3 is 14.5 Å². The van der Waals surface area contributed by atoms with E-state index in [-0.39, 0.29) is 6.61 Å². The molecule has 3 rings (SSSR count). The first-order chi connectivity index (χ1) is 12.6. The molecule has 0 aliphatic carbocycles. The number of anilines is 1. The Hall–Kier alpha value is -3.20. The van der Waals surface area contributed by atoms with Crippen molar-refractivity contribution in [2.45, 2.75) is 19.6 Å². The van der Waals surface area contributed by atoms with E-state index in [4.69, 9.17) is 9.15 Å². The summed E-state index contributed by atoms with van der Waals surface area (Å²) in [7, 11) is 0. The Morgan fingerprint density at radius 1 is 1.19 bits per heavy atom. The molecule has 1 aromatic carbocycles. The average Bonchev–Trinajstić information content (AvgIpc) is 3.32. The third-order valence-corrected chi connectivity index (χ3v) is 4.18. The number of ether oxygens (including phenoxy) is 1. The Balaban J connectivity index is 1.47. The molecule has 0 radical (unpaired) electrons. The van der Waals surface area contributed by atoms with Crippen LogP contribution in [0.1, 0.15) is 12.5 Å².